The van der Waals surface area contributed by atoms with E-state index in [0.717, 1.165) is 5.01 Å². The van der Waals surface area contributed by atoms with E-state index in [9.17, 15) is 9.59 Å². The summed E-state index contributed by atoms with van der Waals surface area (Å²) in [7, 11) is 0. The number of nitrogens with one attached hydrogen (secondary N) is 2. The van der Waals surface area contributed by atoms with E-state index in [-0.39, 0.29) is 24.9 Å². The molecule has 1 aromatic rings. The highest BCUT2D eigenvalue weighted by Gasteiger charge is 2.06. The first-order valence-corrected chi connectivity index (χ1v) is 6.84. The third-order valence-corrected chi connectivity index (χ3v) is 3.04. The van der Waals surface area contributed by atoms with Crippen LogP contribution in [0, 0.1) is 0 Å². The lowest BCUT2D eigenvalue weighted by molar-refractivity contribution is -0.118. The van der Waals surface area contributed by atoms with E-state index < -0.39 is 6.09 Å². The number of amides is 2. The Kier molecular flexibility index (Phi) is 6.91. The number of aromatic nitrogens is 1. The highest BCUT2D eigenvalue weighted by atomic mass is 35.5. The zero-order chi connectivity index (χ0) is 14.1. The van der Waals surface area contributed by atoms with Crippen molar-refractivity contribution in [2.24, 2.45) is 0 Å². The Hall–Kier alpha value is -1.60. The third kappa shape index (κ3) is 6.21. The summed E-state index contributed by atoms with van der Waals surface area (Å²) in [4.78, 5) is 26.4. The van der Waals surface area contributed by atoms with Crippen LogP contribution in [0.1, 0.15) is 10.7 Å². The van der Waals surface area contributed by atoms with Crippen molar-refractivity contribution in [2.45, 2.75) is 13.1 Å². The molecule has 0 unspecified atom stereocenters. The highest BCUT2D eigenvalue weighted by molar-refractivity contribution is 7.09. The summed E-state index contributed by atoms with van der Waals surface area (Å²) in [5, 5.41) is 7.71. The topological polar surface area (TPSA) is 80.3 Å². The Labute approximate surface area is 119 Å². The van der Waals surface area contributed by atoms with Crippen molar-refractivity contribution >= 4 is 34.9 Å². The van der Waals surface area contributed by atoms with Gasteiger partial charge in [-0.1, -0.05) is 12.7 Å². The molecule has 0 saturated carbocycles. The van der Waals surface area contributed by atoms with Crippen molar-refractivity contribution in [3.63, 3.8) is 0 Å². The Morgan fingerprint density at radius 2 is 2.26 bits per heavy atom. The van der Waals surface area contributed by atoms with E-state index in [1.807, 2.05) is 0 Å². The molecule has 0 saturated heterocycles. The van der Waals surface area contributed by atoms with Crippen LogP contribution in [0.25, 0.3) is 0 Å². The number of thiazole rings is 1. The molecule has 0 radical (unpaired) electrons. The van der Waals surface area contributed by atoms with E-state index in [2.05, 4.69) is 22.2 Å². The van der Waals surface area contributed by atoms with Crippen molar-refractivity contribution in [3.05, 3.63) is 28.7 Å². The fourth-order valence-corrected chi connectivity index (χ4v) is 1.91. The smallest absolute Gasteiger partial charge is 0.407 e. The largest absolute Gasteiger partial charge is 0.445 e. The Bertz CT molecular complexity index is 450. The first kappa shape index (κ1) is 15.5. The summed E-state index contributed by atoms with van der Waals surface area (Å²) in [5.74, 6) is -0.320. The van der Waals surface area contributed by atoms with Crippen molar-refractivity contribution in [1.82, 2.24) is 15.6 Å². The highest BCUT2D eigenvalue weighted by Crippen LogP contribution is 2.09. The zero-order valence-electron chi connectivity index (χ0n) is 10.1. The van der Waals surface area contributed by atoms with Gasteiger partial charge in [0.25, 0.3) is 0 Å². The Morgan fingerprint density at radius 1 is 1.47 bits per heavy atom. The second-order valence-electron chi connectivity index (χ2n) is 3.38. The van der Waals surface area contributed by atoms with Gasteiger partial charge in [-0.25, -0.2) is 9.78 Å². The molecule has 0 fully saturated rings. The van der Waals surface area contributed by atoms with Crippen molar-refractivity contribution < 1.29 is 14.3 Å². The minimum absolute atomic E-state index is 0.0745. The van der Waals surface area contributed by atoms with Gasteiger partial charge in [-0.15, -0.1) is 22.9 Å². The summed E-state index contributed by atoms with van der Waals surface area (Å²) < 4.78 is 4.75. The number of halogens is 1. The Balaban J connectivity index is 2.32. The van der Waals surface area contributed by atoms with Crippen LogP contribution in [-0.2, 0) is 22.6 Å². The molecule has 0 spiro atoms. The van der Waals surface area contributed by atoms with Crippen LogP contribution >= 0.6 is 22.9 Å². The molecule has 6 nitrogen and oxygen atoms in total. The molecule has 1 aromatic heterocycles. The number of rotatable bonds is 7. The number of alkyl carbamates (subject to hydrolysis) is 1. The van der Waals surface area contributed by atoms with E-state index in [1.54, 1.807) is 5.38 Å². The quantitative estimate of drug-likeness (QED) is 0.589. The summed E-state index contributed by atoms with van der Waals surface area (Å²) in [6.07, 6.45) is 0.963. The van der Waals surface area contributed by atoms with Crippen LogP contribution in [0.3, 0.4) is 0 Å². The molecular weight excluding hydrogens is 290 g/mol. The van der Waals surface area contributed by atoms with Crippen LogP contribution in [0.4, 0.5) is 4.79 Å². The van der Waals surface area contributed by atoms with Gasteiger partial charge >= 0.3 is 6.09 Å². The first-order valence-electron chi connectivity index (χ1n) is 5.43. The third-order valence-electron chi connectivity index (χ3n) is 1.90. The van der Waals surface area contributed by atoms with Crippen LogP contribution in [0.5, 0.6) is 0 Å². The maximum Gasteiger partial charge on any atom is 0.407 e. The van der Waals surface area contributed by atoms with Crippen LogP contribution in [-0.4, -0.2) is 29.5 Å². The number of nitrogens with zero attached hydrogens (tertiary/aromatic N) is 1. The maximum atomic E-state index is 11.2. The average Bonchev–Trinajstić information content (AvgIpc) is 2.88. The minimum Gasteiger partial charge on any atom is -0.445 e. The molecule has 19 heavy (non-hydrogen) atoms. The van der Waals surface area contributed by atoms with Gasteiger partial charge in [0, 0.05) is 5.38 Å². The summed E-state index contributed by atoms with van der Waals surface area (Å²) in [6.45, 7) is 4.21. The van der Waals surface area contributed by atoms with Gasteiger partial charge in [-0.05, 0) is 0 Å². The molecule has 1 rings (SSSR count). The molecule has 8 heteroatoms. The summed E-state index contributed by atoms with van der Waals surface area (Å²) in [5.41, 5.74) is 0.704. The lowest BCUT2D eigenvalue weighted by Crippen LogP contribution is -2.24. The molecule has 0 aliphatic rings. The van der Waals surface area contributed by atoms with Gasteiger partial charge in [0.05, 0.1) is 18.8 Å². The van der Waals surface area contributed by atoms with Crippen LogP contribution in [0.15, 0.2) is 18.0 Å². The second-order valence-corrected chi connectivity index (χ2v) is 4.59. The number of hydrogen-bond acceptors (Lipinski definition) is 5. The summed E-state index contributed by atoms with van der Waals surface area (Å²) in [6, 6.07) is 0. The number of alkyl halides is 1. The minimum atomic E-state index is -0.523. The van der Waals surface area contributed by atoms with Crippen molar-refractivity contribution in [3.8, 4) is 0 Å². The average molecular weight is 304 g/mol. The molecule has 1 heterocycles. The molecule has 0 bridgehead atoms. The Morgan fingerprint density at radius 3 is 2.95 bits per heavy atom. The van der Waals surface area contributed by atoms with E-state index in [0.29, 0.717) is 12.2 Å². The molecule has 2 N–H and O–H groups in total. The lowest BCUT2D eigenvalue weighted by Gasteiger charge is -2.02. The van der Waals surface area contributed by atoms with Gasteiger partial charge in [0.15, 0.2) is 0 Å². The monoisotopic (exact) mass is 303 g/mol. The van der Waals surface area contributed by atoms with Gasteiger partial charge in [0.2, 0.25) is 5.91 Å². The fourth-order valence-electron chi connectivity index (χ4n) is 1.08. The van der Waals surface area contributed by atoms with Crippen molar-refractivity contribution in [1.29, 1.82) is 0 Å². The lowest BCUT2D eigenvalue weighted by atomic mass is 10.5. The molecule has 0 aromatic carbocycles. The van der Waals surface area contributed by atoms with E-state index in [1.165, 1.54) is 17.4 Å². The van der Waals surface area contributed by atoms with Gasteiger partial charge in [-0.3, -0.25) is 4.79 Å². The molecule has 0 atom stereocenters. The SMILES string of the molecule is C=CCOC(=O)NCc1csc(CNC(=O)CCl)n1. The predicted octanol–water partition coefficient (Wildman–Crippen LogP) is 1.41. The molecule has 104 valence electrons. The maximum absolute atomic E-state index is 11.2. The van der Waals surface area contributed by atoms with Gasteiger partial charge in [0.1, 0.15) is 17.5 Å². The van der Waals surface area contributed by atoms with Gasteiger partial charge in [-0.2, -0.15) is 0 Å². The number of carbonyl (C=O) groups excluding carboxylic acids is 2. The molecular formula is C11H14ClN3O3S. The molecule has 2 amide bonds. The fraction of sp³-hybridized carbons (Fsp3) is 0.364. The molecule has 0 aliphatic heterocycles. The van der Waals surface area contributed by atoms with Crippen molar-refractivity contribution in [2.75, 3.05) is 12.5 Å². The number of ether oxygens (including phenoxy) is 1. The molecule has 0 aliphatic carbocycles. The van der Waals surface area contributed by atoms with E-state index in [4.69, 9.17) is 16.3 Å². The normalized spacial score (nSPS) is 9.74. The summed E-state index contributed by atoms with van der Waals surface area (Å²) >= 11 is 6.75. The first-order chi connectivity index (χ1) is 9.15. The van der Waals surface area contributed by atoms with Gasteiger partial charge < -0.3 is 15.4 Å². The number of carbonyl (C=O) groups is 2. The standard InChI is InChI=1S/C11H14ClN3O3S/c1-2-3-18-11(17)14-5-8-7-19-10(15-8)6-13-9(16)4-12/h2,7H,1,3-6H2,(H,13,16)(H,14,17). The van der Waals surface area contributed by atoms with Crippen LogP contribution in [0.2, 0.25) is 0 Å². The number of hydrogen-bond donors (Lipinski definition) is 2. The predicted molar refractivity (Wildman–Crippen MR) is 73.1 cm³/mol. The van der Waals surface area contributed by atoms with Crippen LogP contribution < -0.4 is 10.6 Å². The van der Waals surface area contributed by atoms with E-state index >= 15 is 0 Å². The second kappa shape index (κ2) is 8.49. The zero-order valence-corrected chi connectivity index (χ0v) is 11.7.